The third-order valence-electron chi connectivity index (χ3n) is 8.74. The van der Waals surface area contributed by atoms with Crippen LogP contribution in [0.2, 0.25) is 0 Å². The van der Waals surface area contributed by atoms with Gasteiger partial charge in [-0.1, -0.05) is 168 Å². The van der Waals surface area contributed by atoms with Gasteiger partial charge in [0.15, 0.2) is 0 Å². The van der Waals surface area contributed by atoms with E-state index in [-0.39, 0.29) is 0 Å². The zero-order chi connectivity index (χ0) is 42.0. The smallest absolute Gasteiger partial charge is 0.413 e. The van der Waals surface area contributed by atoms with Crippen LogP contribution < -0.4 is 27.1 Å². The third-order valence-corrected chi connectivity index (χ3v) is 16.8. The van der Waals surface area contributed by atoms with Gasteiger partial charge in [-0.05, 0) is 94.5 Å². The lowest BCUT2D eigenvalue weighted by atomic mass is 10.2. The molecule has 0 aliphatic carbocycles. The molecule has 0 saturated heterocycles. The first-order valence-electron chi connectivity index (χ1n) is 18.6. The van der Waals surface area contributed by atoms with Gasteiger partial charge in [0.2, 0.25) is 0 Å². The van der Waals surface area contributed by atoms with Gasteiger partial charge in [0.05, 0.1) is 0 Å². The molecule has 9 nitrogen and oxygen atoms in total. The average Bonchev–Trinajstić information content (AvgIpc) is 3.27. The Morgan fingerprint density at radius 2 is 0.550 bits per heavy atom. The van der Waals surface area contributed by atoms with Gasteiger partial charge < -0.3 is 27.1 Å². The molecule has 1 unspecified atom stereocenters. The molecule has 0 N–H and O–H groups in total. The van der Waals surface area contributed by atoms with Crippen LogP contribution >= 0.6 is 23.0 Å². The van der Waals surface area contributed by atoms with E-state index in [0.717, 1.165) is 27.8 Å². The molecule has 1 aliphatic heterocycles. The van der Waals surface area contributed by atoms with Gasteiger partial charge >= 0.3 is 23.0 Å². The third kappa shape index (κ3) is 9.91. The average molecular weight is 850 g/mol. The van der Waals surface area contributed by atoms with Crippen LogP contribution in [-0.2, 0) is 0 Å². The standard InChI is InChI=1S/C48H42N3O6P3/c1-7-37-17-27-43(28-18-37)52-58(53-44-29-19-38(8-2)20-30-44)49-59(54-45-31-21-39(9-3)22-32-45,55-46-33-23-40(10-4)24-34-46)51-60(50-58,56-47-35-25-41(11-5)26-36-47)57-48-16-14-13-15-42(48)12-6/h7-36H,1-6H2. The maximum Gasteiger partial charge on any atom is 0.460 e. The maximum absolute atomic E-state index is 7.02. The lowest BCUT2D eigenvalue weighted by Crippen LogP contribution is -2.11. The van der Waals surface area contributed by atoms with Gasteiger partial charge in [-0.2, -0.15) is 0 Å². The molecule has 0 saturated carbocycles. The van der Waals surface area contributed by atoms with E-state index in [1.807, 2.05) is 78.9 Å². The zero-order valence-electron chi connectivity index (χ0n) is 32.7. The summed E-state index contributed by atoms with van der Waals surface area (Å²) in [6.45, 7) is 23.6. The van der Waals surface area contributed by atoms with Crippen LogP contribution in [0.25, 0.3) is 36.5 Å². The SMILES string of the molecule is C=Cc1ccc(OP2(Oc3ccc(C=C)cc3)=NP(Oc3ccc(C=C)cc3)(Oc3ccc(C=C)cc3)=NP(Oc3ccc(C=C)cc3)(Oc3ccccc3C=C)=N2)cc1. The van der Waals surface area contributed by atoms with Crippen LogP contribution in [0.4, 0.5) is 0 Å². The number of rotatable bonds is 18. The highest BCUT2D eigenvalue weighted by molar-refractivity contribution is 7.79. The predicted molar refractivity (Wildman–Crippen MR) is 251 cm³/mol. The Hall–Kier alpha value is -6.75. The molecule has 1 heterocycles. The van der Waals surface area contributed by atoms with Crippen molar-refractivity contribution in [1.29, 1.82) is 0 Å². The fourth-order valence-electron chi connectivity index (χ4n) is 5.63. The lowest BCUT2D eigenvalue weighted by molar-refractivity contribution is 0.443. The zero-order valence-corrected chi connectivity index (χ0v) is 35.4. The van der Waals surface area contributed by atoms with Crippen LogP contribution in [-0.4, -0.2) is 0 Å². The first kappa shape index (κ1) is 41.4. The fourth-order valence-corrected chi connectivity index (χ4v) is 14.7. The molecule has 0 amide bonds. The second kappa shape index (κ2) is 18.4. The molecular weight excluding hydrogens is 807 g/mol. The van der Waals surface area contributed by atoms with Crippen LogP contribution in [0.5, 0.6) is 34.5 Å². The Balaban J connectivity index is 1.59. The molecule has 0 fully saturated rings. The molecule has 6 aromatic carbocycles. The van der Waals surface area contributed by atoms with Gasteiger partial charge in [-0.3, -0.25) is 0 Å². The van der Waals surface area contributed by atoms with Gasteiger partial charge in [-0.25, -0.2) is 0 Å². The molecule has 0 aromatic heterocycles. The van der Waals surface area contributed by atoms with Crippen LogP contribution in [0.3, 0.4) is 0 Å². The Bertz CT molecular complexity index is 2500. The molecule has 300 valence electrons. The normalized spacial score (nSPS) is 15.8. The van der Waals surface area contributed by atoms with Crippen LogP contribution in [0.1, 0.15) is 33.4 Å². The molecule has 1 atom stereocenters. The molecule has 0 spiro atoms. The highest BCUT2D eigenvalue weighted by Crippen LogP contribution is 2.78. The van der Waals surface area contributed by atoms with Gasteiger partial charge in [-0.15, -0.1) is 0 Å². The summed E-state index contributed by atoms with van der Waals surface area (Å²) in [6.07, 6.45) is 10.4. The fraction of sp³-hybridized carbons (Fsp3) is 0. The number of para-hydroxylation sites is 1. The number of hydrogen-bond donors (Lipinski definition) is 0. The summed E-state index contributed by atoms with van der Waals surface area (Å²) >= 11 is 0. The highest BCUT2D eigenvalue weighted by atomic mass is 31.3. The highest BCUT2D eigenvalue weighted by Gasteiger charge is 2.49. The summed E-state index contributed by atoms with van der Waals surface area (Å²) in [4.78, 5) is 0. The molecule has 6 aromatic rings. The Kier molecular flexibility index (Phi) is 12.7. The van der Waals surface area contributed by atoms with Crippen molar-refractivity contribution in [1.82, 2.24) is 0 Å². The van der Waals surface area contributed by atoms with Crippen LogP contribution in [0.15, 0.2) is 199 Å². The first-order chi connectivity index (χ1) is 29.2. The van der Waals surface area contributed by atoms with Crippen LogP contribution in [0, 0.1) is 0 Å². The maximum atomic E-state index is 7.02. The Morgan fingerprint density at radius 1 is 0.300 bits per heavy atom. The second-order valence-electron chi connectivity index (χ2n) is 12.9. The molecule has 7 rings (SSSR count). The Morgan fingerprint density at radius 3 is 0.800 bits per heavy atom. The van der Waals surface area contributed by atoms with E-state index in [2.05, 4.69) is 39.5 Å². The molecular formula is C48H42N3O6P3. The van der Waals surface area contributed by atoms with Crippen molar-refractivity contribution < 1.29 is 27.1 Å². The first-order valence-corrected chi connectivity index (χ1v) is 23.2. The van der Waals surface area contributed by atoms with Gasteiger partial charge in [0.1, 0.15) is 34.5 Å². The summed E-state index contributed by atoms with van der Waals surface area (Å²) in [5.41, 5.74) is 5.03. The largest absolute Gasteiger partial charge is 0.460 e. The lowest BCUT2D eigenvalue weighted by Gasteiger charge is -2.33. The topological polar surface area (TPSA) is 92.5 Å². The number of nitrogens with zero attached hydrogens (tertiary/aromatic N) is 3. The van der Waals surface area contributed by atoms with E-state index in [1.54, 1.807) is 103 Å². The van der Waals surface area contributed by atoms with Crippen molar-refractivity contribution in [2.24, 2.45) is 13.5 Å². The molecule has 60 heavy (non-hydrogen) atoms. The minimum atomic E-state index is -4.13. The van der Waals surface area contributed by atoms with Crippen molar-refractivity contribution in [3.05, 3.63) is 218 Å². The molecule has 12 heteroatoms. The van der Waals surface area contributed by atoms with Gasteiger partial charge in [0, 0.05) is 5.56 Å². The van der Waals surface area contributed by atoms with E-state index >= 15 is 0 Å². The predicted octanol–water partition coefficient (Wildman–Crippen LogP) is 16.2. The summed E-state index contributed by atoms with van der Waals surface area (Å²) < 4.78 is 57.7. The summed E-state index contributed by atoms with van der Waals surface area (Å²) in [7, 11) is -12.4. The van der Waals surface area contributed by atoms with E-state index in [9.17, 15) is 0 Å². The van der Waals surface area contributed by atoms with Crippen molar-refractivity contribution in [3.63, 3.8) is 0 Å². The summed E-state index contributed by atoms with van der Waals surface area (Å²) in [6, 6.07) is 43.8. The van der Waals surface area contributed by atoms with E-state index < -0.39 is 23.0 Å². The minimum absolute atomic E-state index is 0.380. The number of benzene rings is 6. The van der Waals surface area contributed by atoms with Crippen molar-refractivity contribution in [3.8, 4) is 34.5 Å². The van der Waals surface area contributed by atoms with E-state index in [0.29, 0.717) is 40.1 Å². The summed E-state index contributed by atoms with van der Waals surface area (Å²) in [5.74, 6) is 2.30. The monoisotopic (exact) mass is 849 g/mol. The van der Waals surface area contributed by atoms with Crippen molar-refractivity contribution in [2.45, 2.75) is 0 Å². The quantitative estimate of drug-likeness (QED) is 0.0800. The van der Waals surface area contributed by atoms with E-state index in [1.165, 1.54) is 0 Å². The molecule has 1 aliphatic rings. The minimum Gasteiger partial charge on any atom is -0.413 e. The van der Waals surface area contributed by atoms with Gasteiger partial charge in [0.25, 0.3) is 0 Å². The Labute approximate surface area is 351 Å². The summed E-state index contributed by atoms with van der Waals surface area (Å²) in [5, 5.41) is 0. The molecule has 0 radical (unpaired) electrons. The second-order valence-corrected chi connectivity index (χ2v) is 19.1. The van der Waals surface area contributed by atoms with Crippen molar-refractivity contribution in [2.75, 3.05) is 0 Å². The van der Waals surface area contributed by atoms with Crippen molar-refractivity contribution >= 4 is 59.4 Å². The number of hydrogen-bond acceptors (Lipinski definition) is 9. The van der Waals surface area contributed by atoms with E-state index in [4.69, 9.17) is 40.7 Å². The molecule has 0 bridgehead atoms.